The Morgan fingerprint density at radius 2 is 1.78 bits per heavy atom. The molecule has 0 N–H and O–H groups in total. The van der Waals surface area contributed by atoms with Gasteiger partial charge in [-0.3, -0.25) is 4.79 Å². The number of carbonyl (C=O) groups excluding carboxylic acids is 1. The molecular formula is C18H27NO3S. The summed E-state index contributed by atoms with van der Waals surface area (Å²) in [4.78, 5) is 14.4. The van der Waals surface area contributed by atoms with Gasteiger partial charge in [0.15, 0.2) is 9.84 Å². The van der Waals surface area contributed by atoms with E-state index in [4.69, 9.17) is 0 Å². The van der Waals surface area contributed by atoms with Crippen molar-refractivity contribution >= 4 is 15.7 Å². The number of hydrogen-bond donors (Lipinski definition) is 0. The zero-order valence-electron chi connectivity index (χ0n) is 14.5. The van der Waals surface area contributed by atoms with Crippen LogP contribution in [0.2, 0.25) is 0 Å². The zero-order valence-corrected chi connectivity index (χ0v) is 15.3. The molecule has 1 aliphatic rings. The summed E-state index contributed by atoms with van der Waals surface area (Å²) in [5.74, 6) is 0.519. The van der Waals surface area contributed by atoms with Gasteiger partial charge in [0, 0.05) is 13.1 Å². The normalized spacial score (nSPS) is 23.6. The van der Waals surface area contributed by atoms with Crippen molar-refractivity contribution in [1.29, 1.82) is 0 Å². The van der Waals surface area contributed by atoms with Gasteiger partial charge in [-0.2, -0.15) is 0 Å². The van der Waals surface area contributed by atoms with E-state index in [1.165, 1.54) is 6.92 Å². The van der Waals surface area contributed by atoms with Crippen molar-refractivity contribution in [2.75, 3.05) is 13.1 Å². The summed E-state index contributed by atoms with van der Waals surface area (Å²) in [5, 5.41) is -0.986. The van der Waals surface area contributed by atoms with Crippen molar-refractivity contribution < 1.29 is 13.2 Å². The minimum Gasteiger partial charge on any atom is -0.341 e. The second-order valence-electron chi connectivity index (χ2n) is 7.07. The molecule has 0 bridgehead atoms. The molecule has 128 valence electrons. The van der Waals surface area contributed by atoms with E-state index in [2.05, 4.69) is 13.8 Å². The fourth-order valence-electron chi connectivity index (χ4n) is 3.37. The maximum Gasteiger partial charge on any atom is 0.240 e. The maximum atomic E-state index is 12.7. The molecule has 1 amide bonds. The maximum absolute atomic E-state index is 12.7. The molecule has 0 saturated carbocycles. The van der Waals surface area contributed by atoms with Crippen molar-refractivity contribution in [2.45, 2.75) is 45.1 Å². The van der Waals surface area contributed by atoms with Crippen LogP contribution < -0.4 is 0 Å². The number of rotatable bonds is 4. The first kappa shape index (κ1) is 18.0. The highest BCUT2D eigenvalue weighted by molar-refractivity contribution is 7.92. The van der Waals surface area contributed by atoms with E-state index < -0.39 is 15.1 Å². The molecule has 4 nitrogen and oxygen atoms in total. The number of carbonyl (C=O) groups is 1. The van der Waals surface area contributed by atoms with E-state index in [1.807, 2.05) is 31.2 Å². The van der Waals surface area contributed by atoms with E-state index in [0.29, 0.717) is 24.9 Å². The largest absolute Gasteiger partial charge is 0.341 e. The van der Waals surface area contributed by atoms with Crippen LogP contribution in [0.15, 0.2) is 24.3 Å². The van der Waals surface area contributed by atoms with Gasteiger partial charge in [-0.25, -0.2) is 8.42 Å². The van der Waals surface area contributed by atoms with Gasteiger partial charge >= 0.3 is 0 Å². The number of nitrogens with zero attached hydrogens (tertiary/aromatic N) is 1. The fraction of sp³-hybridized carbons (Fsp3) is 0.611. The molecule has 0 aliphatic carbocycles. The average molecular weight is 337 g/mol. The molecule has 2 rings (SSSR count). The Balaban J connectivity index is 2.13. The molecule has 0 unspecified atom stereocenters. The van der Waals surface area contributed by atoms with Crippen LogP contribution in [0.4, 0.5) is 0 Å². The second-order valence-corrected chi connectivity index (χ2v) is 9.39. The fourth-order valence-corrected chi connectivity index (χ4v) is 4.83. The summed E-state index contributed by atoms with van der Waals surface area (Å²) < 4.78 is 25.3. The Morgan fingerprint density at radius 3 is 2.35 bits per heavy atom. The smallest absolute Gasteiger partial charge is 0.240 e. The highest BCUT2D eigenvalue weighted by Gasteiger charge is 2.34. The Kier molecular flexibility index (Phi) is 5.50. The van der Waals surface area contributed by atoms with Crippen molar-refractivity contribution in [2.24, 2.45) is 11.8 Å². The number of hydrogen-bond acceptors (Lipinski definition) is 3. The summed E-state index contributed by atoms with van der Waals surface area (Å²) >= 11 is 0. The van der Waals surface area contributed by atoms with Crippen molar-refractivity contribution in [3.05, 3.63) is 35.4 Å². The van der Waals surface area contributed by atoms with Crippen LogP contribution >= 0.6 is 0 Å². The van der Waals surface area contributed by atoms with E-state index in [1.54, 1.807) is 4.90 Å². The number of aryl methyl sites for hydroxylation is 1. The lowest BCUT2D eigenvalue weighted by Gasteiger charge is -2.36. The van der Waals surface area contributed by atoms with Crippen molar-refractivity contribution in [3.8, 4) is 0 Å². The highest BCUT2D eigenvalue weighted by Crippen LogP contribution is 2.23. The van der Waals surface area contributed by atoms with Gasteiger partial charge in [0.05, 0.1) is 5.75 Å². The standard InChI is InChI=1S/C18H27NO3S/c1-13-9-14(2)11-19(10-13)18(20)16(4)23(21,22)12-17-8-6-5-7-15(17)3/h5-8,13-14,16H,9-12H2,1-4H3/t13-,14-,16+/m0/s1. The van der Waals surface area contributed by atoms with E-state index in [-0.39, 0.29) is 11.7 Å². The SMILES string of the molecule is Cc1ccccc1CS(=O)(=O)[C@H](C)C(=O)N1C[C@@H](C)C[C@H](C)C1. The first-order valence-electron chi connectivity index (χ1n) is 8.25. The third kappa shape index (κ3) is 4.34. The molecule has 1 fully saturated rings. The monoisotopic (exact) mass is 337 g/mol. The minimum atomic E-state index is -3.51. The molecule has 1 heterocycles. The molecule has 0 aromatic heterocycles. The lowest BCUT2D eigenvalue weighted by Crippen LogP contribution is -2.48. The number of amides is 1. The molecule has 1 aromatic rings. The lowest BCUT2D eigenvalue weighted by atomic mass is 9.92. The summed E-state index contributed by atoms with van der Waals surface area (Å²) in [7, 11) is -3.51. The van der Waals surface area contributed by atoms with Gasteiger partial charge in [-0.05, 0) is 43.2 Å². The number of benzene rings is 1. The van der Waals surface area contributed by atoms with Gasteiger partial charge in [-0.1, -0.05) is 38.1 Å². The average Bonchev–Trinajstić information content (AvgIpc) is 2.47. The first-order chi connectivity index (χ1) is 10.7. The predicted molar refractivity (Wildman–Crippen MR) is 92.8 cm³/mol. The van der Waals surface area contributed by atoms with Crippen LogP contribution in [-0.4, -0.2) is 37.6 Å². The minimum absolute atomic E-state index is 0.0779. The Bertz CT molecular complexity index is 659. The van der Waals surface area contributed by atoms with Gasteiger partial charge in [0.2, 0.25) is 5.91 Å². The molecule has 0 spiro atoms. The Hall–Kier alpha value is -1.36. The van der Waals surface area contributed by atoms with Crippen LogP contribution in [0.1, 0.15) is 38.3 Å². The number of likely N-dealkylation sites (tertiary alicyclic amines) is 1. The molecule has 3 atom stereocenters. The first-order valence-corrected chi connectivity index (χ1v) is 9.97. The van der Waals surface area contributed by atoms with Gasteiger partial charge in [-0.15, -0.1) is 0 Å². The zero-order chi connectivity index (χ0) is 17.2. The Labute approximate surface area is 139 Å². The Morgan fingerprint density at radius 1 is 1.22 bits per heavy atom. The molecule has 1 aromatic carbocycles. The van der Waals surface area contributed by atoms with E-state index in [0.717, 1.165) is 17.5 Å². The summed E-state index contributed by atoms with van der Waals surface area (Å²) in [6.07, 6.45) is 1.09. The van der Waals surface area contributed by atoms with Crippen LogP contribution in [0.25, 0.3) is 0 Å². The number of piperidine rings is 1. The number of sulfone groups is 1. The summed E-state index contributed by atoms with van der Waals surface area (Å²) in [6.45, 7) is 8.97. The van der Waals surface area contributed by atoms with E-state index in [9.17, 15) is 13.2 Å². The molecule has 0 radical (unpaired) electrons. The van der Waals surface area contributed by atoms with Crippen LogP contribution in [0.3, 0.4) is 0 Å². The second kappa shape index (κ2) is 7.04. The summed E-state index contributed by atoms with van der Waals surface area (Å²) in [5.41, 5.74) is 1.71. The summed E-state index contributed by atoms with van der Waals surface area (Å²) in [6, 6.07) is 7.43. The topological polar surface area (TPSA) is 54.5 Å². The quantitative estimate of drug-likeness (QED) is 0.849. The van der Waals surface area contributed by atoms with E-state index >= 15 is 0 Å². The van der Waals surface area contributed by atoms with Crippen LogP contribution in [0.5, 0.6) is 0 Å². The lowest BCUT2D eigenvalue weighted by molar-refractivity contribution is -0.133. The molecule has 5 heteroatoms. The highest BCUT2D eigenvalue weighted by atomic mass is 32.2. The van der Waals surface area contributed by atoms with Crippen molar-refractivity contribution in [1.82, 2.24) is 4.90 Å². The third-order valence-electron chi connectivity index (χ3n) is 4.68. The predicted octanol–water partition coefficient (Wildman–Crippen LogP) is 2.80. The van der Waals surface area contributed by atoms with Gasteiger partial charge < -0.3 is 4.90 Å². The van der Waals surface area contributed by atoms with Crippen LogP contribution in [0, 0.1) is 18.8 Å². The molecular weight excluding hydrogens is 310 g/mol. The van der Waals surface area contributed by atoms with Gasteiger partial charge in [0.1, 0.15) is 5.25 Å². The van der Waals surface area contributed by atoms with Crippen molar-refractivity contribution in [3.63, 3.8) is 0 Å². The third-order valence-corrected chi connectivity index (χ3v) is 6.68. The molecule has 23 heavy (non-hydrogen) atoms. The van der Waals surface area contributed by atoms with Gasteiger partial charge in [0.25, 0.3) is 0 Å². The van der Waals surface area contributed by atoms with Crippen LogP contribution in [-0.2, 0) is 20.4 Å². The molecule has 1 saturated heterocycles. The molecule has 1 aliphatic heterocycles.